The minimum Gasteiger partial charge on any atom is -0.373 e. The van der Waals surface area contributed by atoms with Gasteiger partial charge in [-0.2, -0.15) is 4.98 Å². The Morgan fingerprint density at radius 1 is 1.73 bits per heavy atom. The number of anilines is 1. The molecule has 1 fully saturated rings. The molecule has 6 heteroatoms. The summed E-state index contributed by atoms with van der Waals surface area (Å²) in [7, 11) is 1.73. The molecule has 1 aromatic heterocycles. The Balaban J connectivity index is 2.26. The Kier molecular flexibility index (Phi) is 2.97. The van der Waals surface area contributed by atoms with Gasteiger partial charge in [0.2, 0.25) is 0 Å². The maximum atomic E-state index is 11.6. The first-order valence-corrected chi connectivity index (χ1v) is 5.79. The van der Waals surface area contributed by atoms with Crippen molar-refractivity contribution in [3.05, 3.63) is 22.7 Å². The fourth-order valence-electron chi connectivity index (χ4n) is 1.43. The molecule has 2 atom stereocenters. The number of aromatic nitrogens is 2. The van der Waals surface area contributed by atoms with Gasteiger partial charge in [0.1, 0.15) is 17.5 Å². The number of thioether (sulfide) groups is 1. The summed E-state index contributed by atoms with van der Waals surface area (Å²) in [5, 5.41) is 2.82. The lowest BCUT2D eigenvalue weighted by atomic mass is 10.5. The molecule has 1 N–H and O–H groups in total. The van der Waals surface area contributed by atoms with Crippen LogP contribution in [-0.4, -0.2) is 27.8 Å². The van der Waals surface area contributed by atoms with Crippen molar-refractivity contribution in [1.82, 2.24) is 9.55 Å². The highest BCUT2D eigenvalue weighted by Gasteiger charge is 2.24. The fraction of sp³-hybridized carbons (Fsp3) is 0.556. The van der Waals surface area contributed by atoms with Gasteiger partial charge in [-0.1, -0.05) is 0 Å². The Morgan fingerprint density at radius 2 is 2.53 bits per heavy atom. The predicted molar refractivity (Wildman–Crippen MR) is 60.1 cm³/mol. The molecule has 0 spiro atoms. The van der Waals surface area contributed by atoms with Gasteiger partial charge >= 0.3 is 5.69 Å². The van der Waals surface area contributed by atoms with Crippen molar-refractivity contribution in [1.29, 1.82) is 0 Å². The van der Waals surface area contributed by atoms with Gasteiger partial charge in [-0.3, -0.25) is 4.57 Å². The Hall–Kier alpha value is -1.01. The molecule has 2 unspecified atom stereocenters. The third-order valence-corrected chi connectivity index (χ3v) is 3.28. The monoisotopic (exact) mass is 227 g/mol. The molecule has 82 valence electrons. The van der Waals surface area contributed by atoms with Gasteiger partial charge in [-0.25, -0.2) is 4.79 Å². The molecule has 0 aliphatic carbocycles. The molecule has 2 rings (SSSR count). The average molecular weight is 227 g/mol. The van der Waals surface area contributed by atoms with Gasteiger partial charge in [0.05, 0.1) is 0 Å². The molecular formula is C9H13N3O2S. The number of nitrogens with zero attached hydrogens (tertiary/aromatic N) is 2. The number of ether oxygens (including phenoxy) is 1. The Morgan fingerprint density at radius 3 is 3.07 bits per heavy atom. The van der Waals surface area contributed by atoms with Gasteiger partial charge < -0.3 is 10.1 Å². The number of nitrogens with one attached hydrogen (secondary N) is 1. The third-order valence-electron chi connectivity index (χ3n) is 2.22. The van der Waals surface area contributed by atoms with Crippen molar-refractivity contribution < 1.29 is 4.74 Å². The maximum Gasteiger partial charge on any atom is 0.351 e. The molecule has 1 aromatic rings. The average Bonchev–Trinajstić information content (AvgIpc) is 2.64. The van der Waals surface area contributed by atoms with E-state index in [9.17, 15) is 4.79 Å². The zero-order valence-corrected chi connectivity index (χ0v) is 9.45. The number of hydrogen-bond acceptors (Lipinski definition) is 5. The molecule has 0 amide bonds. The van der Waals surface area contributed by atoms with E-state index in [0.717, 1.165) is 5.75 Å². The highest BCUT2D eigenvalue weighted by molar-refractivity contribution is 7.99. The molecule has 0 bridgehead atoms. The summed E-state index contributed by atoms with van der Waals surface area (Å²) >= 11 is 1.69. The summed E-state index contributed by atoms with van der Waals surface area (Å²) in [6, 6.07) is 1.76. The highest BCUT2D eigenvalue weighted by atomic mass is 32.2. The Bertz CT molecular complexity index is 407. The highest BCUT2D eigenvalue weighted by Crippen LogP contribution is 2.30. The van der Waals surface area contributed by atoms with Crippen LogP contribution in [-0.2, 0) is 4.74 Å². The lowest BCUT2D eigenvalue weighted by Crippen LogP contribution is -2.28. The fourth-order valence-corrected chi connectivity index (χ4v) is 2.32. The minimum atomic E-state index is -0.276. The smallest absolute Gasteiger partial charge is 0.351 e. The topological polar surface area (TPSA) is 56.2 Å². The van der Waals surface area contributed by atoms with Gasteiger partial charge in [-0.15, -0.1) is 11.8 Å². The van der Waals surface area contributed by atoms with E-state index in [2.05, 4.69) is 10.3 Å². The van der Waals surface area contributed by atoms with Crippen LogP contribution in [0.15, 0.2) is 17.1 Å². The van der Waals surface area contributed by atoms with E-state index in [-0.39, 0.29) is 17.4 Å². The van der Waals surface area contributed by atoms with E-state index in [1.54, 1.807) is 31.1 Å². The molecule has 1 saturated heterocycles. The van der Waals surface area contributed by atoms with Crippen molar-refractivity contribution in [2.45, 2.75) is 18.6 Å². The second-order valence-corrected chi connectivity index (χ2v) is 4.57. The Labute approximate surface area is 91.8 Å². The molecular weight excluding hydrogens is 214 g/mol. The van der Waals surface area contributed by atoms with Crippen molar-refractivity contribution in [2.24, 2.45) is 0 Å². The van der Waals surface area contributed by atoms with E-state index in [1.807, 2.05) is 6.92 Å². The quantitative estimate of drug-likeness (QED) is 0.813. The lowest BCUT2D eigenvalue weighted by Gasteiger charge is -2.12. The first kappa shape index (κ1) is 10.5. The normalized spacial score (nSPS) is 25.5. The molecule has 1 aliphatic rings. The number of rotatable bonds is 2. The largest absolute Gasteiger partial charge is 0.373 e. The second kappa shape index (κ2) is 4.24. The van der Waals surface area contributed by atoms with Crippen LogP contribution in [0.25, 0.3) is 0 Å². The van der Waals surface area contributed by atoms with Crippen LogP contribution >= 0.6 is 11.8 Å². The first-order valence-electron chi connectivity index (χ1n) is 4.74. The van der Waals surface area contributed by atoms with E-state index < -0.39 is 0 Å². The summed E-state index contributed by atoms with van der Waals surface area (Å²) in [5.74, 6) is 1.37. The second-order valence-electron chi connectivity index (χ2n) is 3.24. The van der Waals surface area contributed by atoms with Gasteiger partial charge in [-0.05, 0) is 13.0 Å². The molecule has 1 aliphatic heterocycles. The molecule has 0 radical (unpaired) electrons. The third kappa shape index (κ3) is 2.15. The summed E-state index contributed by atoms with van der Waals surface area (Å²) in [5.41, 5.74) is -0.132. The van der Waals surface area contributed by atoms with Crippen molar-refractivity contribution in [2.75, 3.05) is 18.1 Å². The van der Waals surface area contributed by atoms with Crippen molar-refractivity contribution >= 4 is 17.6 Å². The summed E-state index contributed by atoms with van der Waals surface area (Å²) in [6.45, 7) is 1.98. The molecule has 2 heterocycles. The summed E-state index contributed by atoms with van der Waals surface area (Å²) in [6.07, 6.45) is 1.53. The molecule has 0 saturated carbocycles. The van der Waals surface area contributed by atoms with Crippen LogP contribution in [0, 0.1) is 0 Å². The maximum absolute atomic E-state index is 11.6. The summed E-state index contributed by atoms with van der Waals surface area (Å²) in [4.78, 5) is 15.5. The zero-order chi connectivity index (χ0) is 10.8. The van der Waals surface area contributed by atoms with Crippen LogP contribution in [0.5, 0.6) is 0 Å². The minimum absolute atomic E-state index is 0.144. The van der Waals surface area contributed by atoms with Crippen molar-refractivity contribution in [3.63, 3.8) is 0 Å². The SMILES string of the molecule is CNc1ccn(C2CSC(C)O2)c(=O)n1. The standard InChI is InChI=1S/C9H13N3O2S/c1-6-14-8(5-15-6)12-4-3-7(10-2)11-9(12)13/h3-4,6,8H,5H2,1-2H3,(H,10,11,13). The predicted octanol–water partition coefficient (Wildman–Crippen LogP) is 0.893. The van der Waals surface area contributed by atoms with Gasteiger partial charge in [0, 0.05) is 19.0 Å². The van der Waals surface area contributed by atoms with E-state index in [1.165, 1.54) is 4.57 Å². The van der Waals surface area contributed by atoms with E-state index in [0.29, 0.717) is 5.82 Å². The van der Waals surface area contributed by atoms with E-state index in [4.69, 9.17) is 4.74 Å². The van der Waals surface area contributed by atoms with Crippen LogP contribution in [0.2, 0.25) is 0 Å². The van der Waals surface area contributed by atoms with Crippen LogP contribution in [0.3, 0.4) is 0 Å². The molecule has 5 nitrogen and oxygen atoms in total. The summed E-state index contributed by atoms with van der Waals surface area (Å²) < 4.78 is 7.09. The van der Waals surface area contributed by atoms with E-state index >= 15 is 0 Å². The van der Waals surface area contributed by atoms with Gasteiger partial charge in [0.25, 0.3) is 0 Å². The van der Waals surface area contributed by atoms with Crippen molar-refractivity contribution in [3.8, 4) is 0 Å². The number of hydrogen-bond donors (Lipinski definition) is 1. The molecule has 0 aromatic carbocycles. The molecule has 15 heavy (non-hydrogen) atoms. The van der Waals surface area contributed by atoms with Crippen LogP contribution < -0.4 is 11.0 Å². The van der Waals surface area contributed by atoms with Crippen LogP contribution in [0.1, 0.15) is 13.2 Å². The first-order chi connectivity index (χ1) is 7.20. The lowest BCUT2D eigenvalue weighted by molar-refractivity contribution is 0.0236. The van der Waals surface area contributed by atoms with Crippen LogP contribution in [0.4, 0.5) is 5.82 Å². The zero-order valence-electron chi connectivity index (χ0n) is 8.64. The van der Waals surface area contributed by atoms with Gasteiger partial charge in [0.15, 0.2) is 0 Å².